The number of hydrogen-bond donors (Lipinski definition) is 3. The lowest BCUT2D eigenvalue weighted by molar-refractivity contribution is 0.466. The number of nitrogens with one attached hydrogen (secondary N) is 2. The molecule has 7 heteroatoms. The summed E-state index contributed by atoms with van der Waals surface area (Å²) in [5, 5.41) is 20.3. The molecule has 0 spiro atoms. The summed E-state index contributed by atoms with van der Waals surface area (Å²) in [4.78, 5) is 8.76. The number of hydrogen-bond acceptors (Lipinski definition) is 4. The molecule has 0 radical (unpaired) electrons. The number of aryl methyl sites for hydroxylation is 3. The highest BCUT2D eigenvalue weighted by molar-refractivity contribution is 5.79. The normalized spacial score (nSPS) is 11.6. The summed E-state index contributed by atoms with van der Waals surface area (Å²) >= 11 is 0. The summed E-state index contributed by atoms with van der Waals surface area (Å²) in [6.07, 6.45) is 1.53. The molecule has 0 aliphatic heterocycles. The van der Waals surface area contributed by atoms with Crippen molar-refractivity contribution >= 4 is 5.96 Å². The molecule has 0 fully saturated rings. The Morgan fingerprint density at radius 1 is 1.26 bits per heavy atom. The number of benzene rings is 1. The van der Waals surface area contributed by atoms with E-state index < -0.39 is 0 Å². The lowest BCUT2D eigenvalue weighted by Crippen LogP contribution is -2.37. The maximum atomic E-state index is 9.83. The Bertz CT molecular complexity index is 669. The minimum absolute atomic E-state index is 0.352. The van der Waals surface area contributed by atoms with Gasteiger partial charge in [0.1, 0.15) is 17.9 Å². The number of phenols is 1. The van der Waals surface area contributed by atoms with Crippen molar-refractivity contribution in [2.45, 2.75) is 33.9 Å². The van der Waals surface area contributed by atoms with Crippen LogP contribution in [0.2, 0.25) is 0 Å². The fraction of sp³-hybridized carbons (Fsp3) is 0.438. The van der Waals surface area contributed by atoms with Gasteiger partial charge in [-0.25, -0.2) is 9.98 Å². The Balaban J connectivity index is 2.05. The number of guanidine groups is 1. The topological polar surface area (TPSA) is 87.4 Å². The predicted octanol–water partition coefficient (Wildman–Crippen LogP) is 1.39. The molecule has 1 heterocycles. The van der Waals surface area contributed by atoms with E-state index >= 15 is 0 Å². The van der Waals surface area contributed by atoms with E-state index in [0.29, 0.717) is 18.8 Å². The highest BCUT2D eigenvalue weighted by Crippen LogP contribution is 2.23. The largest absolute Gasteiger partial charge is 0.507 e. The van der Waals surface area contributed by atoms with E-state index in [4.69, 9.17) is 0 Å². The summed E-state index contributed by atoms with van der Waals surface area (Å²) in [6, 6.07) is 3.91. The van der Waals surface area contributed by atoms with Crippen LogP contribution in [0.25, 0.3) is 0 Å². The lowest BCUT2D eigenvalue weighted by Gasteiger charge is -2.11. The van der Waals surface area contributed by atoms with E-state index in [9.17, 15) is 5.11 Å². The molecule has 1 aromatic carbocycles. The van der Waals surface area contributed by atoms with Crippen LogP contribution >= 0.6 is 0 Å². The van der Waals surface area contributed by atoms with Crippen molar-refractivity contribution in [2.24, 2.45) is 12.0 Å². The molecule has 0 aliphatic rings. The number of phenolic OH excluding ortho intramolecular Hbond substituents is 1. The van der Waals surface area contributed by atoms with Crippen LogP contribution in [0.3, 0.4) is 0 Å². The van der Waals surface area contributed by atoms with Crippen molar-refractivity contribution in [1.82, 2.24) is 25.4 Å². The minimum atomic E-state index is 0.352. The highest BCUT2D eigenvalue weighted by Gasteiger charge is 2.05. The van der Waals surface area contributed by atoms with Gasteiger partial charge < -0.3 is 15.7 Å². The zero-order valence-corrected chi connectivity index (χ0v) is 14.1. The quantitative estimate of drug-likeness (QED) is 0.573. The first kappa shape index (κ1) is 16.8. The lowest BCUT2D eigenvalue weighted by atomic mass is 10.1. The third kappa shape index (κ3) is 4.45. The summed E-state index contributed by atoms with van der Waals surface area (Å²) in [5.41, 5.74) is 2.80. The van der Waals surface area contributed by atoms with E-state index in [0.717, 1.165) is 35.0 Å². The molecular formula is C16H24N6O. The number of aromatic hydroxyl groups is 1. The molecule has 0 bridgehead atoms. The van der Waals surface area contributed by atoms with E-state index in [-0.39, 0.29) is 0 Å². The van der Waals surface area contributed by atoms with Crippen LogP contribution in [0.5, 0.6) is 5.75 Å². The second-order valence-electron chi connectivity index (χ2n) is 5.43. The Labute approximate surface area is 136 Å². The first-order chi connectivity index (χ1) is 11.0. The summed E-state index contributed by atoms with van der Waals surface area (Å²) in [6.45, 7) is 7.68. The molecule has 23 heavy (non-hydrogen) atoms. The van der Waals surface area contributed by atoms with Crippen LogP contribution in [-0.4, -0.2) is 32.4 Å². The summed E-state index contributed by atoms with van der Waals surface area (Å²) in [7, 11) is 1.86. The van der Waals surface area contributed by atoms with Crippen LogP contribution < -0.4 is 10.6 Å². The van der Waals surface area contributed by atoms with Crippen LogP contribution in [0.15, 0.2) is 23.5 Å². The molecule has 2 aromatic rings. The maximum Gasteiger partial charge on any atom is 0.191 e. The van der Waals surface area contributed by atoms with E-state index in [2.05, 4.69) is 25.7 Å². The molecule has 0 unspecified atom stereocenters. The van der Waals surface area contributed by atoms with Gasteiger partial charge >= 0.3 is 0 Å². The molecule has 3 N–H and O–H groups in total. The predicted molar refractivity (Wildman–Crippen MR) is 90.2 cm³/mol. The van der Waals surface area contributed by atoms with Crippen LogP contribution in [-0.2, 0) is 20.1 Å². The van der Waals surface area contributed by atoms with Crippen molar-refractivity contribution in [3.05, 3.63) is 41.0 Å². The van der Waals surface area contributed by atoms with Gasteiger partial charge in [-0.3, -0.25) is 4.68 Å². The molecule has 0 amide bonds. The molecule has 124 valence electrons. The highest BCUT2D eigenvalue weighted by atomic mass is 16.3. The van der Waals surface area contributed by atoms with Crippen LogP contribution in [0, 0.1) is 13.8 Å². The second-order valence-corrected chi connectivity index (χ2v) is 5.43. The summed E-state index contributed by atoms with van der Waals surface area (Å²) in [5.74, 6) is 1.91. The molecular weight excluding hydrogens is 292 g/mol. The molecule has 0 atom stereocenters. The Morgan fingerprint density at radius 3 is 2.52 bits per heavy atom. The van der Waals surface area contributed by atoms with Crippen molar-refractivity contribution in [3.8, 4) is 5.75 Å². The smallest absolute Gasteiger partial charge is 0.191 e. The summed E-state index contributed by atoms with van der Waals surface area (Å²) < 4.78 is 1.73. The minimum Gasteiger partial charge on any atom is -0.507 e. The Morgan fingerprint density at radius 2 is 1.96 bits per heavy atom. The average Bonchev–Trinajstić information content (AvgIpc) is 2.92. The standard InChI is InChI=1S/C16H24N6O/c1-5-17-16(19-9-14-20-10-21-22(14)4)18-8-13-6-11(2)15(23)12(3)7-13/h6-7,10,23H,5,8-9H2,1-4H3,(H2,17,18,19). The van der Waals surface area contributed by atoms with Crippen molar-refractivity contribution in [2.75, 3.05) is 6.54 Å². The van der Waals surface area contributed by atoms with E-state index in [1.807, 2.05) is 40.0 Å². The van der Waals surface area contributed by atoms with Gasteiger partial charge in [0.25, 0.3) is 0 Å². The molecule has 1 aromatic heterocycles. The number of aliphatic imine (C=N–C) groups is 1. The number of rotatable bonds is 5. The van der Waals surface area contributed by atoms with Crippen molar-refractivity contribution in [1.29, 1.82) is 0 Å². The molecule has 2 rings (SSSR count). The molecule has 0 saturated heterocycles. The van der Waals surface area contributed by atoms with Crippen LogP contribution in [0.1, 0.15) is 29.4 Å². The fourth-order valence-corrected chi connectivity index (χ4v) is 2.29. The van der Waals surface area contributed by atoms with Crippen LogP contribution in [0.4, 0.5) is 0 Å². The fourth-order valence-electron chi connectivity index (χ4n) is 2.29. The van der Waals surface area contributed by atoms with E-state index in [1.165, 1.54) is 6.33 Å². The maximum absolute atomic E-state index is 9.83. The van der Waals surface area contributed by atoms with Gasteiger partial charge in [0.15, 0.2) is 5.96 Å². The second kappa shape index (κ2) is 7.62. The third-order valence-electron chi connectivity index (χ3n) is 3.53. The first-order valence-electron chi connectivity index (χ1n) is 7.65. The Hall–Kier alpha value is -2.57. The van der Waals surface area contributed by atoms with Gasteiger partial charge in [-0.15, -0.1) is 0 Å². The van der Waals surface area contributed by atoms with Gasteiger partial charge in [-0.2, -0.15) is 5.10 Å². The van der Waals surface area contributed by atoms with Crippen molar-refractivity contribution in [3.63, 3.8) is 0 Å². The zero-order valence-electron chi connectivity index (χ0n) is 14.1. The van der Waals surface area contributed by atoms with Gasteiger partial charge in [-0.05, 0) is 37.5 Å². The monoisotopic (exact) mass is 316 g/mol. The number of aromatic nitrogens is 3. The molecule has 0 aliphatic carbocycles. The van der Waals surface area contributed by atoms with Gasteiger partial charge in [0, 0.05) is 13.6 Å². The van der Waals surface area contributed by atoms with Gasteiger partial charge in [0.2, 0.25) is 0 Å². The zero-order chi connectivity index (χ0) is 16.8. The number of nitrogens with zero attached hydrogens (tertiary/aromatic N) is 4. The molecule has 7 nitrogen and oxygen atoms in total. The van der Waals surface area contributed by atoms with E-state index in [1.54, 1.807) is 4.68 Å². The SMILES string of the molecule is CCNC(=NCc1cc(C)c(O)c(C)c1)NCc1ncnn1C. The third-order valence-corrected chi connectivity index (χ3v) is 3.53. The Kier molecular flexibility index (Phi) is 5.56. The first-order valence-corrected chi connectivity index (χ1v) is 7.65. The van der Waals surface area contributed by atoms with Gasteiger partial charge in [-0.1, -0.05) is 12.1 Å². The van der Waals surface area contributed by atoms with Gasteiger partial charge in [0.05, 0.1) is 13.1 Å². The van der Waals surface area contributed by atoms with Crippen molar-refractivity contribution < 1.29 is 5.11 Å². The molecule has 0 saturated carbocycles. The average molecular weight is 316 g/mol.